The highest BCUT2D eigenvalue weighted by molar-refractivity contribution is 7.17. The van der Waals surface area contributed by atoms with Gasteiger partial charge in [-0.25, -0.2) is 4.98 Å². The molecule has 1 aromatic heterocycles. The summed E-state index contributed by atoms with van der Waals surface area (Å²) in [6.07, 6.45) is 0. The van der Waals surface area contributed by atoms with Gasteiger partial charge in [0.05, 0.1) is 10.6 Å². The number of thiazole rings is 1. The zero-order chi connectivity index (χ0) is 12.4. The number of rotatable bonds is 3. The molecule has 0 bridgehead atoms. The number of benzene rings is 1. The fourth-order valence-corrected chi connectivity index (χ4v) is 2.33. The van der Waals surface area contributed by atoms with Gasteiger partial charge in [0.15, 0.2) is 10.9 Å². The van der Waals surface area contributed by atoms with Crippen LogP contribution in [0, 0.1) is 6.92 Å². The molecule has 2 aromatic rings. The molecule has 17 heavy (non-hydrogen) atoms. The lowest BCUT2D eigenvalue weighted by atomic mass is 10.3. The number of aryl methyl sites for hydroxylation is 1. The van der Waals surface area contributed by atoms with E-state index in [-0.39, 0.29) is 11.5 Å². The molecule has 0 aliphatic heterocycles. The second-order valence-electron chi connectivity index (χ2n) is 3.66. The Kier molecular flexibility index (Phi) is 3.10. The largest absolute Gasteiger partial charge is 0.508 e. The Labute approximate surface area is 103 Å². The SMILES string of the molecule is CC(=O)c1sc(Nc2ccc(O)cc2)nc1C. The zero-order valence-corrected chi connectivity index (χ0v) is 10.3. The fourth-order valence-electron chi connectivity index (χ4n) is 1.44. The smallest absolute Gasteiger partial charge is 0.188 e. The highest BCUT2D eigenvalue weighted by Gasteiger charge is 2.11. The number of hydrogen-bond acceptors (Lipinski definition) is 5. The predicted octanol–water partition coefficient (Wildman–Crippen LogP) is 3.10. The minimum absolute atomic E-state index is 0.0266. The van der Waals surface area contributed by atoms with Crippen molar-refractivity contribution in [2.45, 2.75) is 13.8 Å². The van der Waals surface area contributed by atoms with Gasteiger partial charge >= 0.3 is 0 Å². The van der Waals surface area contributed by atoms with Gasteiger partial charge in [0, 0.05) is 12.6 Å². The molecule has 0 spiro atoms. The summed E-state index contributed by atoms with van der Waals surface area (Å²) in [6, 6.07) is 6.68. The van der Waals surface area contributed by atoms with E-state index in [1.165, 1.54) is 18.3 Å². The molecule has 0 aliphatic rings. The number of carbonyl (C=O) groups excluding carboxylic acids is 1. The van der Waals surface area contributed by atoms with Gasteiger partial charge in [-0.1, -0.05) is 11.3 Å². The quantitative estimate of drug-likeness (QED) is 0.647. The minimum atomic E-state index is 0.0266. The monoisotopic (exact) mass is 248 g/mol. The molecule has 1 aromatic carbocycles. The van der Waals surface area contributed by atoms with E-state index in [4.69, 9.17) is 5.11 Å². The average molecular weight is 248 g/mol. The van der Waals surface area contributed by atoms with Gasteiger partial charge in [-0.05, 0) is 31.2 Å². The van der Waals surface area contributed by atoms with Gasteiger partial charge in [-0.3, -0.25) is 4.79 Å². The van der Waals surface area contributed by atoms with Crippen molar-refractivity contribution in [1.29, 1.82) is 0 Å². The number of aromatic nitrogens is 1. The van der Waals surface area contributed by atoms with E-state index < -0.39 is 0 Å². The highest BCUT2D eigenvalue weighted by atomic mass is 32.1. The lowest BCUT2D eigenvalue weighted by Crippen LogP contribution is -1.89. The Morgan fingerprint density at radius 3 is 2.53 bits per heavy atom. The molecule has 0 amide bonds. The van der Waals surface area contributed by atoms with E-state index in [1.54, 1.807) is 24.3 Å². The van der Waals surface area contributed by atoms with Gasteiger partial charge in [-0.15, -0.1) is 0 Å². The lowest BCUT2D eigenvalue weighted by Gasteiger charge is -2.01. The summed E-state index contributed by atoms with van der Waals surface area (Å²) in [7, 11) is 0. The number of nitrogens with one attached hydrogen (secondary N) is 1. The summed E-state index contributed by atoms with van der Waals surface area (Å²) in [5, 5.41) is 12.9. The van der Waals surface area contributed by atoms with Crippen molar-refractivity contribution in [3.8, 4) is 5.75 Å². The van der Waals surface area contributed by atoms with Crippen LogP contribution in [0.15, 0.2) is 24.3 Å². The molecule has 0 saturated carbocycles. The van der Waals surface area contributed by atoms with Gasteiger partial charge in [0.25, 0.3) is 0 Å². The molecule has 2 N–H and O–H groups in total. The van der Waals surface area contributed by atoms with E-state index in [2.05, 4.69) is 10.3 Å². The van der Waals surface area contributed by atoms with Crippen molar-refractivity contribution in [2.24, 2.45) is 0 Å². The van der Waals surface area contributed by atoms with E-state index >= 15 is 0 Å². The van der Waals surface area contributed by atoms with Gasteiger partial charge < -0.3 is 10.4 Å². The van der Waals surface area contributed by atoms with Crippen LogP contribution < -0.4 is 5.32 Å². The molecule has 0 aliphatic carbocycles. The molecule has 2 rings (SSSR count). The van der Waals surface area contributed by atoms with Crippen LogP contribution in [0.5, 0.6) is 5.75 Å². The number of phenolic OH excluding ortho intramolecular Hbond substituents is 1. The third-order valence-electron chi connectivity index (χ3n) is 2.23. The second-order valence-corrected chi connectivity index (χ2v) is 4.66. The van der Waals surface area contributed by atoms with Crippen LogP contribution in [-0.2, 0) is 0 Å². The molecule has 0 radical (unpaired) electrons. The molecule has 4 nitrogen and oxygen atoms in total. The maximum absolute atomic E-state index is 11.3. The Hall–Kier alpha value is -1.88. The van der Waals surface area contributed by atoms with Crippen LogP contribution in [0.3, 0.4) is 0 Å². The zero-order valence-electron chi connectivity index (χ0n) is 9.52. The number of hydrogen-bond donors (Lipinski definition) is 2. The average Bonchev–Trinajstić information content (AvgIpc) is 2.63. The maximum atomic E-state index is 11.3. The Bertz CT molecular complexity index is 546. The van der Waals surface area contributed by atoms with E-state index in [0.29, 0.717) is 10.0 Å². The van der Waals surface area contributed by atoms with Crippen molar-refractivity contribution in [3.63, 3.8) is 0 Å². The van der Waals surface area contributed by atoms with Crippen LogP contribution in [0.25, 0.3) is 0 Å². The number of ketones is 1. The minimum Gasteiger partial charge on any atom is -0.508 e. The molecule has 88 valence electrons. The molecular formula is C12H12N2O2S. The van der Waals surface area contributed by atoms with Gasteiger partial charge in [0.1, 0.15) is 5.75 Å². The number of Topliss-reactive ketones (excluding diaryl/α,β-unsaturated/α-hetero) is 1. The van der Waals surface area contributed by atoms with Crippen molar-refractivity contribution < 1.29 is 9.90 Å². The van der Waals surface area contributed by atoms with Crippen molar-refractivity contribution in [1.82, 2.24) is 4.98 Å². The van der Waals surface area contributed by atoms with Crippen LogP contribution in [0.2, 0.25) is 0 Å². The molecular weight excluding hydrogens is 236 g/mol. The van der Waals surface area contributed by atoms with E-state index in [0.717, 1.165) is 11.4 Å². The molecule has 0 saturated heterocycles. The summed E-state index contributed by atoms with van der Waals surface area (Å²) < 4.78 is 0. The van der Waals surface area contributed by atoms with Gasteiger partial charge in [-0.2, -0.15) is 0 Å². The topological polar surface area (TPSA) is 62.2 Å². The first kappa shape index (κ1) is 11.6. The Morgan fingerprint density at radius 2 is 2.00 bits per heavy atom. The molecule has 1 heterocycles. The molecule has 5 heteroatoms. The first-order valence-corrected chi connectivity index (χ1v) is 5.92. The van der Waals surface area contributed by atoms with Crippen LogP contribution in [-0.4, -0.2) is 15.9 Å². The van der Waals surface area contributed by atoms with Crippen LogP contribution in [0.1, 0.15) is 22.3 Å². The lowest BCUT2D eigenvalue weighted by molar-refractivity contribution is 0.102. The van der Waals surface area contributed by atoms with Gasteiger partial charge in [0.2, 0.25) is 0 Å². The summed E-state index contributed by atoms with van der Waals surface area (Å²) in [5.74, 6) is 0.244. The third kappa shape index (κ3) is 2.62. The standard InChI is InChI=1S/C12H12N2O2S/c1-7-11(8(2)15)17-12(13-7)14-9-3-5-10(16)6-4-9/h3-6,16H,1-2H3,(H,13,14). The normalized spacial score (nSPS) is 10.2. The fraction of sp³-hybridized carbons (Fsp3) is 0.167. The number of aromatic hydroxyl groups is 1. The Balaban J connectivity index is 2.22. The van der Waals surface area contributed by atoms with Crippen LogP contribution in [0.4, 0.5) is 10.8 Å². The van der Waals surface area contributed by atoms with Crippen molar-refractivity contribution in [2.75, 3.05) is 5.32 Å². The number of carbonyl (C=O) groups is 1. The summed E-state index contributed by atoms with van der Waals surface area (Å²) in [5.41, 5.74) is 1.57. The first-order valence-electron chi connectivity index (χ1n) is 5.10. The number of anilines is 2. The molecule has 0 unspecified atom stereocenters. The highest BCUT2D eigenvalue weighted by Crippen LogP contribution is 2.26. The van der Waals surface area contributed by atoms with Crippen LogP contribution >= 0.6 is 11.3 Å². The Morgan fingerprint density at radius 1 is 1.35 bits per heavy atom. The molecule has 0 atom stereocenters. The maximum Gasteiger partial charge on any atom is 0.188 e. The summed E-state index contributed by atoms with van der Waals surface area (Å²) in [4.78, 5) is 16.2. The molecule has 0 fully saturated rings. The predicted molar refractivity (Wildman–Crippen MR) is 68.2 cm³/mol. The van der Waals surface area contributed by atoms with E-state index in [9.17, 15) is 4.79 Å². The van der Waals surface area contributed by atoms with Crippen molar-refractivity contribution in [3.05, 3.63) is 34.8 Å². The van der Waals surface area contributed by atoms with Crippen molar-refractivity contribution >= 4 is 27.9 Å². The van der Waals surface area contributed by atoms with E-state index in [1.807, 2.05) is 6.92 Å². The first-order chi connectivity index (χ1) is 8.06. The summed E-state index contributed by atoms with van der Waals surface area (Å²) in [6.45, 7) is 3.35. The second kappa shape index (κ2) is 4.55. The third-order valence-corrected chi connectivity index (χ3v) is 3.41. The number of phenols is 1. The number of nitrogens with zero attached hydrogens (tertiary/aromatic N) is 1. The summed E-state index contributed by atoms with van der Waals surface area (Å²) >= 11 is 1.33.